The minimum Gasteiger partial charge on any atom is -0.394 e. The van der Waals surface area contributed by atoms with Crippen molar-refractivity contribution in [3.8, 4) is 0 Å². The minimum atomic E-state index is -0.835. The van der Waals surface area contributed by atoms with Crippen LogP contribution in [0.1, 0.15) is 19.8 Å². The lowest BCUT2D eigenvalue weighted by molar-refractivity contribution is -0.211. The van der Waals surface area contributed by atoms with Gasteiger partial charge in [0, 0.05) is 19.6 Å². The second-order valence-electron chi connectivity index (χ2n) is 4.23. The normalized spacial score (nSPS) is 39.9. The Bertz CT molecular complexity index is 183. The second kappa shape index (κ2) is 6.51. The first-order valence-electron chi connectivity index (χ1n) is 5.77. The van der Waals surface area contributed by atoms with E-state index in [0.717, 1.165) is 0 Å². The Labute approximate surface area is 96.0 Å². The Kier molecular flexibility index (Phi) is 5.64. The summed E-state index contributed by atoms with van der Waals surface area (Å²) in [4.78, 5) is 0. The summed E-state index contributed by atoms with van der Waals surface area (Å²) in [6, 6.07) is 0. The summed E-state index contributed by atoms with van der Waals surface area (Å²) in [5.74, 6) is -0.296. The Hall–Kier alpha value is -0.200. The zero-order valence-electron chi connectivity index (χ0n) is 9.87. The van der Waals surface area contributed by atoms with Crippen molar-refractivity contribution in [3.05, 3.63) is 0 Å². The van der Waals surface area contributed by atoms with Crippen LogP contribution in [0.5, 0.6) is 0 Å². The van der Waals surface area contributed by atoms with Crippen molar-refractivity contribution in [3.63, 3.8) is 0 Å². The van der Waals surface area contributed by atoms with Crippen molar-refractivity contribution in [2.45, 2.75) is 44.2 Å². The molecule has 0 aromatic carbocycles. The average Bonchev–Trinajstić information content (AvgIpc) is 2.29. The first-order valence-corrected chi connectivity index (χ1v) is 5.77. The zero-order valence-corrected chi connectivity index (χ0v) is 9.87. The molecule has 1 heterocycles. The predicted molar refractivity (Wildman–Crippen MR) is 58.0 cm³/mol. The highest BCUT2D eigenvalue weighted by atomic mass is 16.5. The van der Waals surface area contributed by atoms with Gasteiger partial charge in [0.05, 0.1) is 24.9 Å². The van der Waals surface area contributed by atoms with Gasteiger partial charge < -0.3 is 24.8 Å². The molecule has 5 heteroatoms. The topological polar surface area (TPSA) is 79.2 Å². The zero-order chi connectivity index (χ0) is 12.1. The van der Waals surface area contributed by atoms with Gasteiger partial charge in [-0.1, -0.05) is 6.92 Å². The number of aliphatic hydroxyl groups is 3. The molecule has 0 radical (unpaired) electrons. The van der Waals surface area contributed by atoms with Crippen LogP contribution in [0.4, 0.5) is 0 Å². The monoisotopic (exact) mass is 234 g/mol. The highest BCUT2D eigenvalue weighted by Gasteiger charge is 2.42. The van der Waals surface area contributed by atoms with E-state index in [4.69, 9.17) is 14.6 Å². The number of aliphatic hydroxyl groups excluding tert-OH is 3. The molecule has 5 unspecified atom stereocenters. The van der Waals surface area contributed by atoms with Crippen molar-refractivity contribution in [2.24, 2.45) is 5.92 Å². The number of hydrogen-bond acceptors (Lipinski definition) is 5. The van der Waals surface area contributed by atoms with E-state index in [1.807, 2.05) is 6.92 Å². The molecule has 1 aliphatic heterocycles. The third-order valence-corrected chi connectivity index (χ3v) is 3.23. The van der Waals surface area contributed by atoms with E-state index in [0.29, 0.717) is 19.4 Å². The van der Waals surface area contributed by atoms with Gasteiger partial charge in [-0.25, -0.2) is 0 Å². The molecule has 96 valence electrons. The lowest BCUT2D eigenvalue weighted by Gasteiger charge is -2.42. The SMILES string of the molecule is CCC1OC(CO)C(O)C(CCOC)C1O. The van der Waals surface area contributed by atoms with Crippen LogP contribution in [0.15, 0.2) is 0 Å². The van der Waals surface area contributed by atoms with Crippen molar-refractivity contribution >= 4 is 0 Å². The van der Waals surface area contributed by atoms with E-state index in [1.165, 1.54) is 0 Å². The van der Waals surface area contributed by atoms with Crippen LogP contribution in [-0.4, -0.2) is 60.1 Å². The number of hydrogen-bond donors (Lipinski definition) is 3. The van der Waals surface area contributed by atoms with Gasteiger partial charge in [-0.2, -0.15) is 0 Å². The Balaban J connectivity index is 2.67. The quantitative estimate of drug-likeness (QED) is 0.599. The van der Waals surface area contributed by atoms with Crippen LogP contribution in [0, 0.1) is 5.92 Å². The van der Waals surface area contributed by atoms with Crippen LogP contribution < -0.4 is 0 Å². The van der Waals surface area contributed by atoms with Crippen LogP contribution in [0.2, 0.25) is 0 Å². The van der Waals surface area contributed by atoms with Gasteiger partial charge in [0.1, 0.15) is 6.10 Å². The third-order valence-electron chi connectivity index (χ3n) is 3.23. The third kappa shape index (κ3) is 2.93. The molecule has 0 spiro atoms. The summed E-state index contributed by atoms with van der Waals surface area (Å²) in [6.45, 7) is 2.16. The van der Waals surface area contributed by atoms with Crippen LogP contribution in [-0.2, 0) is 9.47 Å². The van der Waals surface area contributed by atoms with E-state index >= 15 is 0 Å². The van der Waals surface area contributed by atoms with E-state index in [-0.39, 0.29) is 18.6 Å². The van der Waals surface area contributed by atoms with E-state index in [1.54, 1.807) is 7.11 Å². The molecular formula is C11H22O5. The molecule has 5 nitrogen and oxygen atoms in total. The standard InChI is InChI=1S/C11H22O5/c1-3-8-10(13)7(4-5-15-2)11(14)9(6-12)16-8/h7-14H,3-6H2,1-2H3. The Morgan fingerprint density at radius 2 is 1.81 bits per heavy atom. The molecule has 3 N–H and O–H groups in total. The van der Waals surface area contributed by atoms with Gasteiger partial charge >= 0.3 is 0 Å². The Morgan fingerprint density at radius 3 is 2.31 bits per heavy atom. The molecule has 1 saturated heterocycles. The molecule has 16 heavy (non-hydrogen) atoms. The molecule has 0 amide bonds. The first-order chi connectivity index (χ1) is 7.65. The van der Waals surface area contributed by atoms with Gasteiger partial charge in [-0.05, 0) is 12.8 Å². The summed E-state index contributed by atoms with van der Waals surface area (Å²) in [6.07, 6.45) is -1.23. The molecular weight excluding hydrogens is 212 g/mol. The molecule has 1 aliphatic rings. The number of ether oxygens (including phenoxy) is 2. The summed E-state index contributed by atoms with van der Waals surface area (Å²) in [5, 5.41) is 29.1. The minimum absolute atomic E-state index is 0.228. The van der Waals surface area contributed by atoms with Crippen molar-refractivity contribution in [1.82, 2.24) is 0 Å². The highest BCUT2D eigenvalue weighted by Crippen LogP contribution is 2.29. The number of methoxy groups -OCH3 is 1. The van der Waals surface area contributed by atoms with Gasteiger partial charge in [-0.15, -0.1) is 0 Å². The van der Waals surface area contributed by atoms with Crippen molar-refractivity contribution in [1.29, 1.82) is 0 Å². The molecule has 0 bridgehead atoms. The van der Waals surface area contributed by atoms with Crippen LogP contribution in [0.25, 0.3) is 0 Å². The molecule has 0 saturated carbocycles. The smallest absolute Gasteiger partial charge is 0.107 e. The summed E-state index contributed by atoms with van der Waals surface area (Å²) < 4.78 is 10.4. The fraction of sp³-hybridized carbons (Fsp3) is 1.00. The van der Waals surface area contributed by atoms with Crippen molar-refractivity contribution < 1.29 is 24.8 Å². The van der Waals surface area contributed by atoms with E-state index < -0.39 is 18.3 Å². The van der Waals surface area contributed by atoms with E-state index in [9.17, 15) is 10.2 Å². The van der Waals surface area contributed by atoms with Crippen LogP contribution in [0.3, 0.4) is 0 Å². The first kappa shape index (κ1) is 13.9. The highest BCUT2D eigenvalue weighted by molar-refractivity contribution is 4.91. The van der Waals surface area contributed by atoms with Gasteiger partial charge in [0.2, 0.25) is 0 Å². The molecule has 0 aromatic rings. The van der Waals surface area contributed by atoms with Crippen molar-refractivity contribution in [2.75, 3.05) is 20.3 Å². The fourth-order valence-electron chi connectivity index (χ4n) is 2.22. The summed E-state index contributed by atoms with van der Waals surface area (Å²) in [7, 11) is 1.58. The van der Waals surface area contributed by atoms with Gasteiger partial charge in [0.15, 0.2) is 0 Å². The average molecular weight is 234 g/mol. The lowest BCUT2D eigenvalue weighted by Crippen LogP contribution is -2.55. The summed E-state index contributed by atoms with van der Waals surface area (Å²) >= 11 is 0. The number of rotatable bonds is 5. The van der Waals surface area contributed by atoms with Crippen LogP contribution >= 0.6 is 0 Å². The van der Waals surface area contributed by atoms with Gasteiger partial charge in [-0.3, -0.25) is 0 Å². The predicted octanol–water partition coefficient (Wildman–Crippen LogP) is -0.469. The summed E-state index contributed by atoms with van der Waals surface area (Å²) in [5.41, 5.74) is 0. The molecule has 1 rings (SSSR count). The molecule has 0 aliphatic carbocycles. The molecule has 5 atom stereocenters. The fourth-order valence-corrected chi connectivity index (χ4v) is 2.22. The van der Waals surface area contributed by atoms with Gasteiger partial charge in [0.25, 0.3) is 0 Å². The maximum absolute atomic E-state index is 10.0. The molecule has 0 aromatic heterocycles. The Morgan fingerprint density at radius 1 is 1.19 bits per heavy atom. The lowest BCUT2D eigenvalue weighted by atomic mass is 9.83. The molecule has 1 fully saturated rings. The second-order valence-corrected chi connectivity index (χ2v) is 4.23. The largest absolute Gasteiger partial charge is 0.394 e. The maximum Gasteiger partial charge on any atom is 0.107 e. The van der Waals surface area contributed by atoms with E-state index in [2.05, 4.69) is 0 Å². The maximum atomic E-state index is 10.0.